The molecule has 0 aromatic heterocycles. The average Bonchev–Trinajstić information content (AvgIpc) is 2.58. The largest absolute Gasteiger partial charge is 0.504 e. The van der Waals surface area contributed by atoms with Crippen molar-refractivity contribution in [3.8, 4) is 11.5 Å². The SMILES string of the molecule is CCOc1cccc(/C=N/NC(=O)Cc2ccccc2[N+](=O)[O-])c1O. The Kier molecular flexibility index (Phi) is 6.05. The number of hydrazone groups is 1. The Balaban J connectivity index is 2.02. The maximum absolute atomic E-state index is 11.9. The topological polar surface area (TPSA) is 114 Å². The molecule has 0 radical (unpaired) electrons. The lowest BCUT2D eigenvalue weighted by Gasteiger charge is -2.07. The Bertz CT molecular complexity index is 805. The van der Waals surface area contributed by atoms with Crippen molar-refractivity contribution in [3.05, 3.63) is 63.7 Å². The lowest BCUT2D eigenvalue weighted by Crippen LogP contribution is -2.20. The van der Waals surface area contributed by atoms with Crippen LogP contribution in [0.15, 0.2) is 47.6 Å². The van der Waals surface area contributed by atoms with E-state index in [9.17, 15) is 20.0 Å². The van der Waals surface area contributed by atoms with Crippen LogP contribution in [0.3, 0.4) is 0 Å². The maximum atomic E-state index is 11.9. The van der Waals surface area contributed by atoms with E-state index in [0.717, 1.165) is 0 Å². The van der Waals surface area contributed by atoms with E-state index < -0.39 is 10.8 Å². The van der Waals surface area contributed by atoms with Crippen molar-refractivity contribution in [2.24, 2.45) is 5.10 Å². The molecule has 2 aromatic rings. The number of phenols is 1. The van der Waals surface area contributed by atoms with Gasteiger partial charge in [-0.25, -0.2) is 5.43 Å². The first kappa shape index (κ1) is 17.9. The number of hydrogen-bond acceptors (Lipinski definition) is 6. The number of nitro benzene ring substituents is 1. The van der Waals surface area contributed by atoms with Gasteiger partial charge in [0.15, 0.2) is 11.5 Å². The fraction of sp³-hybridized carbons (Fsp3) is 0.176. The zero-order chi connectivity index (χ0) is 18.2. The van der Waals surface area contributed by atoms with Gasteiger partial charge in [0.1, 0.15) is 0 Å². The summed E-state index contributed by atoms with van der Waals surface area (Å²) >= 11 is 0. The molecule has 2 N–H and O–H groups in total. The highest BCUT2D eigenvalue weighted by Gasteiger charge is 2.15. The first-order chi connectivity index (χ1) is 12.0. The predicted molar refractivity (Wildman–Crippen MR) is 91.8 cm³/mol. The van der Waals surface area contributed by atoms with Crippen LogP contribution in [0.4, 0.5) is 5.69 Å². The van der Waals surface area contributed by atoms with E-state index in [0.29, 0.717) is 23.5 Å². The summed E-state index contributed by atoms with van der Waals surface area (Å²) in [5, 5.41) is 24.7. The smallest absolute Gasteiger partial charge is 0.273 e. The summed E-state index contributed by atoms with van der Waals surface area (Å²) in [4.78, 5) is 22.3. The number of para-hydroxylation sites is 2. The van der Waals surface area contributed by atoms with E-state index in [1.807, 2.05) is 0 Å². The van der Waals surface area contributed by atoms with Gasteiger partial charge in [-0.1, -0.05) is 24.3 Å². The molecule has 0 saturated carbocycles. The van der Waals surface area contributed by atoms with E-state index in [4.69, 9.17) is 4.74 Å². The number of rotatable bonds is 7. The Morgan fingerprint density at radius 1 is 1.32 bits per heavy atom. The van der Waals surface area contributed by atoms with Gasteiger partial charge in [0.2, 0.25) is 5.91 Å². The number of aromatic hydroxyl groups is 1. The molecule has 8 heteroatoms. The number of phenolic OH excluding ortho intramolecular Hbond substituents is 1. The molecule has 0 saturated heterocycles. The second-order valence-corrected chi connectivity index (χ2v) is 4.98. The lowest BCUT2D eigenvalue weighted by atomic mass is 10.1. The number of nitrogens with zero attached hydrogens (tertiary/aromatic N) is 2. The molecule has 0 atom stereocenters. The fourth-order valence-corrected chi connectivity index (χ4v) is 2.14. The minimum absolute atomic E-state index is 0.0824. The molecular weight excluding hydrogens is 326 g/mol. The standard InChI is InChI=1S/C17H17N3O5/c1-2-25-15-9-5-7-13(17(15)22)11-18-19-16(21)10-12-6-3-4-8-14(12)20(23)24/h3-9,11,22H,2,10H2,1H3,(H,19,21)/b18-11+. The van der Waals surface area contributed by atoms with Crippen molar-refractivity contribution in [2.75, 3.05) is 6.61 Å². The molecule has 8 nitrogen and oxygen atoms in total. The first-order valence-corrected chi connectivity index (χ1v) is 7.52. The van der Waals surface area contributed by atoms with Crippen molar-refractivity contribution in [1.29, 1.82) is 0 Å². The van der Waals surface area contributed by atoms with Crippen molar-refractivity contribution < 1.29 is 19.6 Å². The Hall–Kier alpha value is -3.42. The van der Waals surface area contributed by atoms with Gasteiger partial charge in [0.25, 0.3) is 5.69 Å². The molecule has 2 aromatic carbocycles. The Morgan fingerprint density at radius 3 is 2.80 bits per heavy atom. The first-order valence-electron chi connectivity index (χ1n) is 7.52. The van der Waals surface area contributed by atoms with Crippen LogP contribution in [0.25, 0.3) is 0 Å². The van der Waals surface area contributed by atoms with Crippen molar-refractivity contribution >= 4 is 17.8 Å². The van der Waals surface area contributed by atoms with E-state index in [1.54, 1.807) is 31.2 Å². The number of carbonyl (C=O) groups excluding carboxylic acids is 1. The predicted octanol–water partition coefficient (Wildman–Crippen LogP) is 2.39. The summed E-state index contributed by atoms with van der Waals surface area (Å²) in [6.45, 7) is 2.20. The van der Waals surface area contributed by atoms with E-state index in [-0.39, 0.29) is 17.9 Å². The second kappa shape index (κ2) is 8.44. The van der Waals surface area contributed by atoms with Gasteiger partial charge in [0.05, 0.1) is 24.2 Å². The van der Waals surface area contributed by atoms with E-state index >= 15 is 0 Å². The molecule has 0 aliphatic rings. The fourth-order valence-electron chi connectivity index (χ4n) is 2.14. The number of carbonyl (C=O) groups is 1. The third-order valence-corrected chi connectivity index (χ3v) is 3.26. The van der Waals surface area contributed by atoms with Crippen LogP contribution in [-0.4, -0.2) is 28.8 Å². The molecule has 0 spiro atoms. The number of hydrogen-bond donors (Lipinski definition) is 2. The third-order valence-electron chi connectivity index (χ3n) is 3.26. The molecule has 25 heavy (non-hydrogen) atoms. The van der Waals surface area contributed by atoms with Crippen molar-refractivity contribution in [1.82, 2.24) is 5.43 Å². The zero-order valence-electron chi connectivity index (χ0n) is 13.5. The van der Waals surface area contributed by atoms with Gasteiger partial charge in [-0.15, -0.1) is 0 Å². The van der Waals surface area contributed by atoms with E-state index in [2.05, 4.69) is 10.5 Å². The maximum Gasteiger partial charge on any atom is 0.273 e. The highest BCUT2D eigenvalue weighted by Crippen LogP contribution is 2.28. The summed E-state index contributed by atoms with van der Waals surface area (Å²) in [5.74, 6) is -0.273. The molecule has 2 rings (SSSR count). The van der Waals surface area contributed by atoms with Gasteiger partial charge in [-0.2, -0.15) is 5.10 Å². The zero-order valence-corrected chi connectivity index (χ0v) is 13.5. The minimum atomic E-state index is -0.539. The number of benzene rings is 2. The summed E-state index contributed by atoms with van der Waals surface area (Å²) < 4.78 is 5.26. The number of ether oxygens (including phenoxy) is 1. The third kappa shape index (κ3) is 4.77. The molecule has 130 valence electrons. The molecule has 1 amide bonds. The highest BCUT2D eigenvalue weighted by molar-refractivity contribution is 5.86. The lowest BCUT2D eigenvalue weighted by molar-refractivity contribution is -0.385. The number of nitro groups is 1. The molecule has 0 bridgehead atoms. The molecular formula is C17H17N3O5. The van der Waals surface area contributed by atoms with Gasteiger partial charge in [-0.3, -0.25) is 14.9 Å². The van der Waals surface area contributed by atoms with Crippen molar-refractivity contribution in [3.63, 3.8) is 0 Å². The average molecular weight is 343 g/mol. The van der Waals surface area contributed by atoms with Gasteiger partial charge >= 0.3 is 0 Å². The number of amides is 1. The Labute approximate surface area is 143 Å². The van der Waals surface area contributed by atoms with Gasteiger partial charge in [-0.05, 0) is 19.1 Å². The number of nitrogens with one attached hydrogen (secondary N) is 1. The van der Waals surface area contributed by atoms with E-state index in [1.165, 1.54) is 24.4 Å². The summed E-state index contributed by atoms with van der Waals surface area (Å²) in [7, 11) is 0. The van der Waals surface area contributed by atoms with Crippen LogP contribution in [0.1, 0.15) is 18.1 Å². The monoisotopic (exact) mass is 343 g/mol. The van der Waals surface area contributed by atoms with Crippen LogP contribution >= 0.6 is 0 Å². The molecule has 0 aliphatic heterocycles. The summed E-state index contributed by atoms with van der Waals surface area (Å²) in [6.07, 6.45) is 1.09. The molecule has 0 aliphatic carbocycles. The highest BCUT2D eigenvalue weighted by atomic mass is 16.6. The summed E-state index contributed by atoms with van der Waals surface area (Å²) in [6, 6.07) is 10.9. The minimum Gasteiger partial charge on any atom is -0.504 e. The van der Waals surface area contributed by atoms with Gasteiger partial charge in [0, 0.05) is 17.2 Å². The Morgan fingerprint density at radius 2 is 2.08 bits per heavy atom. The van der Waals surface area contributed by atoms with Crippen LogP contribution in [0.2, 0.25) is 0 Å². The second-order valence-electron chi connectivity index (χ2n) is 4.98. The molecule has 0 unspecified atom stereocenters. The van der Waals surface area contributed by atoms with Crippen LogP contribution in [0, 0.1) is 10.1 Å². The normalized spacial score (nSPS) is 10.6. The van der Waals surface area contributed by atoms with Crippen LogP contribution in [0.5, 0.6) is 11.5 Å². The van der Waals surface area contributed by atoms with Gasteiger partial charge < -0.3 is 9.84 Å². The molecule has 0 fully saturated rings. The molecule has 0 heterocycles. The van der Waals surface area contributed by atoms with Crippen LogP contribution in [-0.2, 0) is 11.2 Å². The quantitative estimate of drug-likeness (QED) is 0.455. The van der Waals surface area contributed by atoms with Crippen molar-refractivity contribution in [2.45, 2.75) is 13.3 Å². The summed E-state index contributed by atoms with van der Waals surface area (Å²) in [5.41, 5.74) is 2.82. The van der Waals surface area contributed by atoms with Crippen LogP contribution < -0.4 is 10.2 Å².